The summed E-state index contributed by atoms with van der Waals surface area (Å²) in [6, 6.07) is 5.17. The maximum atomic E-state index is 13.7. The summed E-state index contributed by atoms with van der Waals surface area (Å²) in [4.78, 5) is 0. The quantitative estimate of drug-likeness (QED) is 0.784. The molecule has 2 aromatic carbocycles. The molecule has 4 heteroatoms. The van der Waals surface area contributed by atoms with Crippen LogP contribution in [0.3, 0.4) is 0 Å². The molecule has 0 heterocycles. The summed E-state index contributed by atoms with van der Waals surface area (Å²) < 4.78 is 40.8. The molecule has 1 N–H and O–H groups in total. The van der Waals surface area contributed by atoms with Gasteiger partial charge < -0.3 is 5.11 Å². The number of phenols is 1. The fourth-order valence-corrected chi connectivity index (χ4v) is 2.22. The van der Waals surface area contributed by atoms with Crippen molar-refractivity contribution in [3.05, 3.63) is 41.2 Å². The summed E-state index contributed by atoms with van der Waals surface area (Å²) in [6.45, 7) is 6.45. The van der Waals surface area contributed by atoms with Crippen LogP contribution in [-0.2, 0) is 12.3 Å². The van der Waals surface area contributed by atoms with Crippen molar-refractivity contribution in [2.24, 2.45) is 0 Å². The predicted octanol–water partition coefficient (Wildman–Crippen LogP) is 5.38. The Kier molecular flexibility index (Phi) is 5.03. The second-order valence-electron chi connectivity index (χ2n) is 4.37. The van der Waals surface area contributed by atoms with Gasteiger partial charge in [-0.25, -0.2) is 13.2 Å². The lowest BCUT2D eigenvalue weighted by molar-refractivity contribution is 0.0154. The van der Waals surface area contributed by atoms with Crippen LogP contribution in [0, 0.1) is 5.82 Å². The standard InChI is InChI=1S/C14H13F3O.C2H6/c1-3-8-6-10(18)7-9-4-5-11(15)13(12(8)9)14(2,16)17;1-2/h4-7,18H,3H2,1-2H3;1-2H3. The molecule has 0 amide bonds. The van der Waals surface area contributed by atoms with Crippen molar-refractivity contribution >= 4 is 10.8 Å². The van der Waals surface area contributed by atoms with Crippen LogP contribution in [0.4, 0.5) is 13.2 Å². The zero-order valence-corrected chi connectivity index (χ0v) is 12.1. The van der Waals surface area contributed by atoms with E-state index in [0.29, 0.717) is 24.3 Å². The highest BCUT2D eigenvalue weighted by molar-refractivity contribution is 5.91. The van der Waals surface area contributed by atoms with Gasteiger partial charge in [-0.05, 0) is 41.0 Å². The molecule has 0 fully saturated rings. The zero-order chi connectivity index (χ0) is 15.5. The van der Waals surface area contributed by atoms with Crippen molar-refractivity contribution in [3.8, 4) is 5.75 Å². The van der Waals surface area contributed by atoms with Gasteiger partial charge in [0.05, 0.1) is 5.56 Å². The van der Waals surface area contributed by atoms with Gasteiger partial charge in [0.2, 0.25) is 0 Å². The lowest BCUT2D eigenvalue weighted by Crippen LogP contribution is -2.11. The number of aromatic hydroxyl groups is 1. The lowest BCUT2D eigenvalue weighted by Gasteiger charge is -2.17. The zero-order valence-electron chi connectivity index (χ0n) is 12.1. The third-order valence-corrected chi connectivity index (χ3v) is 2.95. The van der Waals surface area contributed by atoms with E-state index >= 15 is 0 Å². The van der Waals surface area contributed by atoms with Gasteiger partial charge in [-0.2, -0.15) is 0 Å². The van der Waals surface area contributed by atoms with Crippen LogP contribution < -0.4 is 0 Å². The molecule has 2 aromatic rings. The van der Waals surface area contributed by atoms with Crippen LogP contribution >= 0.6 is 0 Å². The highest BCUT2D eigenvalue weighted by Crippen LogP contribution is 2.38. The molecular weight excluding hydrogens is 265 g/mol. The first-order valence-corrected chi connectivity index (χ1v) is 6.67. The summed E-state index contributed by atoms with van der Waals surface area (Å²) in [5, 5.41) is 10.1. The van der Waals surface area contributed by atoms with Crippen molar-refractivity contribution < 1.29 is 18.3 Å². The molecule has 0 saturated heterocycles. The van der Waals surface area contributed by atoms with E-state index < -0.39 is 17.3 Å². The summed E-state index contributed by atoms with van der Waals surface area (Å²) >= 11 is 0. The Hall–Kier alpha value is -1.71. The molecule has 0 spiro atoms. The Balaban J connectivity index is 0.000000956. The van der Waals surface area contributed by atoms with E-state index in [1.54, 1.807) is 6.92 Å². The fraction of sp³-hybridized carbons (Fsp3) is 0.375. The third-order valence-electron chi connectivity index (χ3n) is 2.95. The Labute approximate surface area is 117 Å². The van der Waals surface area contributed by atoms with Crippen molar-refractivity contribution in [3.63, 3.8) is 0 Å². The first kappa shape index (κ1) is 16.3. The Bertz CT molecular complexity index is 601. The Morgan fingerprint density at radius 3 is 2.25 bits per heavy atom. The summed E-state index contributed by atoms with van der Waals surface area (Å²) in [5.41, 5.74) is -0.0853. The van der Waals surface area contributed by atoms with Gasteiger partial charge in [0, 0.05) is 6.92 Å². The third kappa shape index (κ3) is 3.06. The predicted molar refractivity (Wildman–Crippen MR) is 75.9 cm³/mol. The van der Waals surface area contributed by atoms with Gasteiger partial charge in [-0.1, -0.05) is 26.8 Å². The van der Waals surface area contributed by atoms with E-state index in [2.05, 4.69) is 0 Å². The average Bonchev–Trinajstić information content (AvgIpc) is 2.39. The van der Waals surface area contributed by atoms with Crippen LogP contribution in [-0.4, -0.2) is 5.11 Å². The number of phenolic OH excluding ortho intramolecular Hbond substituents is 1. The molecule has 1 nitrogen and oxygen atoms in total. The second kappa shape index (κ2) is 6.16. The molecular formula is C16H19F3O. The van der Waals surface area contributed by atoms with Crippen molar-refractivity contribution in [1.29, 1.82) is 0 Å². The molecule has 0 aliphatic carbocycles. The number of fused-ring (bicyclic) bond motifs is 1. The molecule has 2 rings (SSSR count). The molecule has 110 valence electrons. The molecule has 0 radical (unpaired) electrons. The number of rotatable bonds is 2. The largest absolute Gasteiger partial charge is 0.508 e. The molecule has 0 aliphatic heterocycles. The summed E-state index contributed by atoms with van der Waals surface area (Å²) in [6.07, 6.45) is 0.442. The van der Waals surface area contributed by atoms with E-state index in [1.165, 1.54) is 18.2 Å². The minimum atomic E-state index is -3.26. The Morgan fingerprint density at radius 1 is 1.15 bits per heavy atom. The molecule has 0 aliphatic rings. The van der Waals surface area contributed by atoms with Gasteiger partial charge in [0.15, 0.2) is 0 Å². The lowest BCUT2D eigenvalue weighted by atomic mass is 9.94. The minimum absolute atomic E-state index is 0.00340. The van der Waals surface area contributed by atoms with Crippen molar-refractivity contribution in [2.45, 2.75) is 40.0 Å². The van der Waals surface area contributed by atoms with E-state index in [1.807, 2.05) is 13.8 Å². The molecule has 0 unspecified atom stereocenters. The molecule has 0 aromatic heterocycles. The number of aryl methyl sites for hydroxylation is 1. The highest BCUT2D eigenvalue weighted by Gasteiger charge is 2.31. The van der Waals surface area contributed by atoms with E-state index in [4.69, 9.17) is 0 Å². The van der Waals surface area contributed by atoms with Crippen molar-refractivity contribution in [2.75, 3.05) is 0 Å². The van der Waals surface area contributed by atoms with E-state index in [-0.39, 0.29) is 11.1 Å². The monoisotopic (exact) mass is 284 g/mol. The van der Waals surface area contributed by atoms with E-state index in [9.17, 15) is 18.3 Å². The molecule has 0 saturated carbocycles. The average molecular weight is 284 g/mol. The topological polar surface area (TPSA) is 20.2 Å². The van der Waals surface area contributed by atoms with Crippen LogP contribution in [0.15, 0.2) is 24.3 Å². The first-order valence-electron chi connectivity index (χ1n) is 6.67. The fourth-order valence-electron chi connectivity index (χ4n) is 2.22. The highest BCUT2D eigenvalue weighted by atomic mass is 19.3. The minimum Gasteiger partial charge on any atom is -0.508 e. The second-order valence-corrected chi connectivity index (χ2v) is 4.37. The van der Waals surface area contributed by atoms with Gasteiger partial charge in [0.1, 0.15) is 11.6 Å². The van der Waals surface area contributed by atoms with Crippen LogP contribution in [0.2, 0.25) is 0 Å². The van der Waals surface area contributed by atoms with Gasteiger partial charge in [-0.3, -0.25) is 0 Å². The number of halogens is 3. The summed E-state index contributed by atoms with van der Waals surface area (Å²) in [5.74, 6) is -4.18. The summed E-state index contributed by atoms with van der Waals surface area (Å²) in [7, 11) is 0. The van der Waals surface area contributed by atoms with Crippen LogP contribution in [0.5, 0.6) is 5.75 Å². The maximum absolute atomic E-state index is 13.7. The number of hydrogen-bond acceptors (Lipinski definition) is 1. The van der Waals surface area contributed by atoms with Gasteiger partial charge in [0.25, 0.3) is 5.92 Å². The van der Waals surface area contributed by atoms with E-state index in [0.717, 1.165) is 6.07 Å². The van der Waals surface area contributed by atoms with Gasteiger partial charge in [-0.15, -0.1) is 0 Å². The molecule has 20 heavy (non-hydrogen) atoms. The number of alkyl halides is 2. The van der Waals surface area contributed by atoms with Crippen molar-refractivity contribution in [1.82, 2.24) is 0 Å². The Morgan fingerprint density at radius 2 is 1.75 bits per heavy atom. The maximum Gasteiger partial charge on any atom is 0.273 e. The molecule has 0 bridgehead atoms. The number of benzene rings is 2. The molecule has 0 atom stereocenters. The first-order chi connectivity index (χ1) is 9.34. The SMILES string of the molecule is CC.CCc1cc(O)cc2ccc(F)c(C(C)(F)F)c12. The van der Waals surface area contributed by atoms with Crippen LogP contribution in [0.25, 0.3) is 10.8 Å². The van der Waals surface area contributed by atoms with Gasteiger partial charge >= 0.3 is 0 Å². The smallest absolute Gasteiger partial charge is 0.273 e. The van der Waals surface area contributed by atoms with Crippen LogP contribution in [0.1, 0.15) is 38.8 Å². The normalized spacial score (nSPS) is 11.2. The number of hydrogen-bond donors (Lipinski definition) is 1.